The molecule has 0 aliphatic carbocycles. The molecule has 2 aliphatic heterocycles. The van der Waals surface area contributed by atoms with Gasteiger partial charge in [0, 0.05) is 32.7 Å². The van der Waals surface area contributed by atoms with Crippen LogP contribution in [0.4, 0.5) is 11.4 Å². The fourth-order valence-corrected chi connectivity index (χ4v) is 5.82. The fourth-order valence-electron chi connectivity index (χ4n) is 4.39. The predicted octanol–water partition coefficient (Wildman–Crippen LogP) is 2.47. The SMILES string of the molecule is O=C(CNc1cc(S(=O)(=O)N2CCOCC2)ccc1N1CCCC1)NCCCc1ccccc1. The monoisotopic (exact) mass is 486 g/mol. The molecule has 2 aromatic rings. The summed E-state index contributed by atoms with van der Waals surface area (Å²) in [5.41, 5.74) is 2.87. The van der Waals surface area contributed by atoms with E-state index in [-0.39, 0.29) is 17.3 Å². The summed E-state index contributed by atoms with van der Waals surface area (Å²) in [5.74, 6) is -0.109. The number of ether oxygens (including phenoxy) is 1. The Morgan fingerprint density at radius 2 is 1.71 bits per heavy atom. The molecule has 34 heavy (non-hydrogen) atoms. The van der Waals surface area contributed by atoms with Crippen LogP contribution in [-0.4, -0.2) is 71.1 Å². The van der Waals surface area contributed by atoms with E-state index in [4.69, 9.17) is 4.74 Å². The average molecular weight is 487 g/mol. The Morgan fingerprint density at radius 3 is 2.44 bits per heavy atom. The maximum absolute atomic E-state index is 13.2. The Balaban J connectivity index is 1.39. The van der Waals surface area contributed by atoms with Gasteiger partial charge < -0.3 is 20.3 Å². The summed E-state index contributed by atoms with van der Waals surface area (Å²) in [5, 5.41) is 6.16. The molecule has 184 valence electrons. The number of hydrogen-bond donors (Lipinski definition) is 2. The number of carbonyl (C=O) groups excluding carboxylic acids is 1. The van der Waals surface area contributed by atoms with Crippen LogP contribution in [0.25, 0.3) is 0 Å². The van der Waals surface area contributed by atoms with Crippen LogP contribution in [0.15, 0.2) is 53.4 Å². The number of amides is 1. The van der Waals surface area contributed by atoms with Gasteiger partial charge in [0.1, 0.15) is 0 Å². The van der Waals surface area contributed by atoms with Crippen LogP contribution in [0.5, 0.6) is 0 Å². The van der Waals surface area contributed by atoms with E-state index >= 15 is 0 Å². The number of nitrogens with one attached hydrogen (secondary N) is 2. The molecule has 9 heteroatoms. The van der Waals surface area contributed by atoms with Crippen LogP contribution in [-0.2, 0) is 26.0 Å². The first kappa shape index (κ1) is 24.5. The van der Waals surface area contributed by atoms with E-state index in [2.05, 4.69) is 27.7 Å². The van der Waals surface area contributed by atoms with E-state index in [1.54, 1.807) is 12.1 Å². The molecule has 8 nitrogen and oxygen atoms in total. The summed E-state index contributed by atoms with van der Waals surface area (Å²) in [6.45, 7) is 4.05. The first-order valence-corrected chi connectivity index (χ1v) is 13.5. The topological polar surface area (TPSA) is 91.0 Å². The van der Waals surface area contributed by atoms with E-state index in [1.165, 1.54) is 9.87 Å². The number of rotatable bonds is 10. The van der Waals surface area contributed by atoms with Crippen LogP contribution in [0.3, 0.4) is 0 Å². The zero-order valence-corrected chi connectivity index (χ0v) is 20.4. The first-order valence-electron chi connectivity index (χ1n) is 12.1. The molecular formula is C25H34N4O4S. The van der Waals surface area contributed by atoms with Gasteiger partial charge in [-0.05, 0) is 49.4 Å². The van der Waals surface area contributed by atoms with Gasteiger partial charge in [-0.15, -0.1) is 0 Å². The number of benzene rings is 2. The van der Waals surface area contributed by atoms with E-state index in [1.807, 2.05) is 24.3 Å². The minimum Gasteiger partial charge on any atom is -0.379 e. The van der Waals surface area contributed by atoms with Gasteiger partial charge in [-0.25, -0.2) is 8.42 Å². The molecule has 0 unspecified atom stereocenters. The second kappa shape index (κ2) is 11.7. The second-order valence-corrected chi connectivity index (χ2v) is 10.6. The maximum Gasteiger partial charge on any atom is 0.243 e. The lowest BCUT2D eigenvalue weighted by atomic mass is 10.1. The lowest BCUT2D eigenvalue weighted by Crippen LogP contribution is -2.40. The van der Waals surface area contributed by atoms with Crippen molar-refractivity contribution in [3.8, 4) is 0 Å². The first-order chi connectivity index (χ1) is 16.5. The van der Waals surface area contributed by atoms with Crippen molar-refractivity contribution < 1.29 is 17.9 Å². The quantitative estimate of drug-likeness (QED) is 0.502. The van der Waals surface area contributed by atoms with Crippen LogP contribution in [0, 0.1) is 0 Å². The summed E-state index contributed by atoms with van der Waals surface area (Å²) in [4.78, 5) is 14.9. The van der Waals surface area contributed by atoms with Crippen LogP contribution in [0.1, 0.15) is 24.8 Å². The third kappa shape index (κ3) is 6.28. The number of morpholine rings is 1. The zero-order valence-electron chi connectivity index (χ0n) is 19.5. The molecule has 0 spiro atoms. The largest absolute Gasteiger partial charge is 0.379 e. The van der Waals surface area contributed by atoms with Crippen LogP contribution >= 0.6 is 0 Å². The fraction of sp³-hybridized carbons (Fsp3) is 0.480. The normalized spacial score (nSPS) is 17.0. The average Bonchev–Trinajstić information content (AvgIpc) is 3.41. The lowest BCUT2D eigenvalue weighted by molar-refractivity contribution is -0.119. The minimum atomic E-state index is -3.61. The maximum atomic E-state index is 13.2. The Kier molecular flexibility index (Phi) is 8.42. The van der Waals surface area contributed by atoms with Crippen molar-refractivity contribution in [2.75, 3.05) is 62.7 Å². The number of carbonyl (C=O) groups is 1. The highest BCUT2D eigenvalue weighted by atomic mass is 32.2. The number of hydrogen-bond acceptors (Lipinski definition) is 6. The second-order valence-electron chi connectivity index (χ2n) is 8.68. The zero-order chi connectivity index (χ0) is 23.8. The van der Waals surface area contributed by atoms with Gasteiger partial charge in [0.15, 0.2) is 0 Å². The molecule has 0 aromatic heterocycles. The molecule has 2 aromatic carbocycles. The summed E-state index contributed by atoms with van der Waals surface area (Å²) < 4.78 is 33.1. The summed E-state index contributed by atoms with van der Waals surface area (Å²) >= 11 is 0. The highest BCUT2D eigenvalue weighted by Gasteiger charge is 2.28. The standard InChI is InChI=1S/C25H34N4O4S/c30-25(26-12-6-9-21-7-2-1-3-8-21)20-27-23-19-22(10-11-24(23)28-13-4-5-14-28)34(31,32)29-15-17-33-18-16-29/h1-3,7-8,10-11,19,27H,4-6,9,12-18,20H2,(H,26,30). The molecule has 2 fully saturated rings. The van der Waals surface area contributed by atoms with E-state index in [0.29, 0.717) is 38.5 Å². The van der Waals surface area contributed by atoms with Crippen molar-refractivity contribution in [1.29, 1.82) is 0 Å². The molecule has 2 saturated heterocycles. The molecule has 2 heterocycles. The highest BCUT2D eigenvalue weighted by molar-refractivity contribution is 7.89. The molecule has 0 atom stereocenters. The highest BCUT2D eigenvalue weighted by Crippen LogP contribution is 2.32. The Bertz CT molecular complexity index is 1050. The number of aryl methyl sites for hydroxylation is 1. The van der Waals surface area contributed by atoms with Gasteiger partial charge in [0.25, 0.3) is 0 Å². The van der Waals surface area contributed by atoms with Gasteiger partial charge in [0.2, 0.25) is 15.9 Å². The van der Waals surface area contributed by atoms with Crippen LogP contribution in [0.2, 0.25) is 0 Å². The van der Waals surface area contributed by atoms with E-state index in [9.17, 15) is 13.2 Å². The Morgan fingerprint density at radius 1 is 0.971 bits per heavy atom. The molecular weight excluding hydrogens is 452 g/mol. The molecule has 0 saturated carbocycles. The molecule has 4 rings (SSSR count). The number of anilines is 2. The van der Waals surface area contributed by atoms with Crippen molar-refractivity contribution >= 4 is 27.3 Å². The van der Waals surface area contributed by atoms with Crippen molar-refractivity contribution in [2.45, 2.75) is 30.6 Å². The molecule has 1 amide bonds. The molecule has 0 radical (unpaired) electrons. The van der Waals surface area contributed by atoms with Crippen LogP contribution < -0.4 is 15.5 Å². The van der Waals surface area contributed by atoms with E-state index in [0.717, 1.165) is 44.5 Å². The van der Waals surface area contributed by atoms with Crippen molar-refractivity contribution in [1.82, 2.24) is 9.62 Å². The number of nitrogens with zero attached hydrogens (tertiary/aromatic N) is 2. The van der Waals surface area contributed by atoms with Crippen molar-refractivity contribution in [3.63, 3.8) is 0 Å². The minimum absolute atomic E-state index is 0.0905. The van der Waals surface area contributed by atoms with Gasteiger partial charge in [-0.1, -0.05) is 30.3 Å². The van der Waals surface area contributed by atoms with Gasteiger partial charge in [-0.3, -0.25) is 4.79 Å². The summed E-state index contributed by atoms with van der Waals surface area (Å²) in [6, 6.07) is 15.4. The Hall–Kier alpha value is -2.62. The third-order valence-corrected chi connectivity index (χ3v) is 8.16. The van der Waals surface area contributed by atoms with Gasteiger partial charge in [-0.2, -0.15) is 4.31 Å². The molecule has 0 bridgehead atoms. The van der Waals surface area contributed by atoms with Gasteiger partial charge in [0.05, 0.1) is 36.0 Å². The number of sulfonamides is 1. The van der Waals surface area contributed by atoms with Crippen molar-refractivity contribution in [2.24, 2.45) is 0 Å². The smallest absolute Gasteiger partial charge is 0.243 e. The summed E-state index contributed by atoms with van der Waals surface area (Å²) in [6.07, 6.45) is 3.99. The lowest BCUT2D eigenvalue weighted by Gasteiger charge is -2.27. The summed E-state index contributed by atoms with van der Waals surface area (Å²) in [7, 11) is -3.61. The van der Waals surface area contributed by atoms with Gasteiger partial charge >= 0.3 is 0 Å². The molecule has 2 N–H and O–H groups in total. The predicted molar refractivity (Wildman–Crippen MR) is 134 cm³/mol. The Labute approximate surface area is 202 Å². The third-order valence-electron chi connectivity index (χ3n) is 6.27. The van der Waals surface area contributed by atoms with E-state index < -0.39 is 10.0 Å². The van der Waals surface area contributed by atoms with Crippen molar-refractivity contribution in [3.05, 3.63) is 54.1 Å². The molecule has 2 aliphatic rings.